The van der Waals surface area contributed by atoms with Gasteiger partial charge in [0.25, 0.3) is 7.82 Å². The summed E-state index contributed by atoms with van der Waals surface area (Å²) in [7, 11) is 1.25. The Kier molecular flexibility index (Phi) is 38.7. The standard InChI is InChI=1S/C47H93N2O6P/c1-6-8-10-12-14-16-18-20-21-22-23-24-25-26-27-29-31-33-35-37-39-41-47(51)48-45(44-55-56(52,53)54-43-42-49(3,4)5)46(50)40-38-36-34-32-30-28-19-17-15-13-11-9-7-2/h35,37-38,40,45-46,50H,6-34,36,39,41-44H2,1-5H3,(H-,48,51,52,53)/b37-35-,40-38+/t45-,46+/m1/s1. The van der Waals surface area contributed by atoms with Gasteiger partial charge >= 0.3 is 0 Å². The van der Waals surface area contributed by atoms with E-state index < -0.39 is 26.6 Å². The molecule has 0 aliphatic heterocycles. The first-order valence-electron chi connectivity index (χ1n) is 23.7. The number of quaternary nitrogens is 1. The first-order chi connectivity index (χ1) is 27.0. The molecule has 0 aromatic rings. The largest absolute Gasteiger partial charge is 0.756 e. The van der Waals surface area contributed by atoms with E-state index in [-0.39, 0.29) is 18.9 Å². The minimum Gasteiger partial charge on any atom is -0.756 e. The SMILES string of the molecule is CCCCCCCCCCCCC/C=C/[C@H](O)[C@@H](COP(=O)([O-])OCC[N+](C)(C)C)NC(=O)CC/C=C\CCCCCCCCCCCCCCCCCCC. The first kappa shape index (κ1) is 55.0. The summed E-state index contributed by atoms with van der Waals surface area (Å²) in [6.07, 6.45) is 46.7. The molecule has 332 valence electrons. The Morgan fingerprint density at radius 2 is 0.982 bits per heavy atom. The molecule has 0 bridgehead atoms. The van der Waals surface area contributed by atoms with Crippen LogP contribution in [-0.4, -0.2) is 68.5 Å². The monoisotopic (exact) mass is 813 g/mol. The van der Waals surface area contributed by atoms with Crippen LogP contribution in [0.15, 0.2) is 24.3 Å². The molecule has 0 saturated carbocycles. The van der Waals surface area contributed by atoms with E-state index in [1.807, 2.05) is 27.2 Å². The summed E-state index contributed by atoms with van der Waals surface area (Å²) in [6.45, 7) is 4.63. The van der Waals surface area contributed by atoms with Crippen LogP contribution in [0.1, 0.15) is 219 Å². The molecule has 0 aromatic carbocycles. The lowest BCUT2D eigenvalue weighted by atomic mass is 10.0. The zero-order valence-electron chi connectivity index (χ0n) is 37.6. The van der Waals surface area contributed by atoms with Gasteiger partial charge in [0.05, 0.1) is 39.9 Å². The van der Waals surface area contributed by atoms with Crippen molar-refractivity contribution in [3.8, 4) is 0 Å². The molecule has 0 aliphatic carbocycles. The molecule has 9 heteroatoms. The van der Waals surface area contributed by atoms with Crippen LogP contribution in [0.2, 0.25) is 0 Å². The van der Waals surface area contributed by atoms with Gasteiger partial charge in [-0.1, -0.05) is 205 Å². The molecule has 0 spiro atoms. The number of carbonyl (C=O) groups excluding carboxylic acids is 1. The van der Waals surface area contributed by atoms with Gasteiger partial charge in [0.2, 0.25) is 5.91 Å². The zero-order valence-corrected chi connectivity index (χ0v) is 38.5. The summed E-state index contributed by atoms with van der Waals surface area (Å²) in [4.78, 5) is 25.3. The van der Waals surface area contributed by atoms with Gasteiger partial charge in [0.15, 0.2) is 0 Å². The number of likely N-dealkylation sites (N-methyl/N-ethyl adjacent to an activating group) is 1. The highest BCUT2D eigenvalue weighted by Gasteiger charge is 2.23. The number of hydrogen-bond donors (Lipinski definition) is 2. The van der Waals surface area contributed by atoms with E-state index in [1.54, 1.807) is 6.08 Å². The maximum atomic E-state index is 12.8. The van der Waals surface area contributed by atoms with Crippen molar-refractivity contribution in [2.24, 2.45) is 0 Å². The van der Waals surface area contributed by atoms with Gasteiger partial charge < -0.3 is 28.8 Å². The van der Waals surface area contributed by atoms with Crippen molar-refractivity contribution in [3.63, 3.8) is 0 Å². The van der Waals surface area contributed by atoms with Gasteiger partial charge in [-0.05, 0) is 32.1 Å². The molecule has 56 heavy (non-hydrogen) atoms. The maximum Gasteiger partial charge on any atom is 0.268 e. The predicted molar refractivity (Wildman–Crippen MR) is 238 cm³/mol. The maximum absolute atomic E-state index is 12.8. The summed E-state index contributed by atoms with van der Waals surface area (Å²) >= 11 is 0. The van der Waals surface area contributed by atoms with Crippen molar-refractivity contribution >= 4 is 13.7 Å². The minimum atomic E-state index is -4.59. The van der Waals surface area contributed by atoms with Crippen LogP contribution >= 0.6 is 7.82 Å². The van der Waals surface area contributed by atoms with Crippen LogP contribution in [0.3, 0.4) is 0 Å². The highest BCUT2D eigenvalue weighted by atomic mass is 31.2. The summed E-state index contributed by atoms with van der Waals surface area (Å²) in [6, 6.07) is -0.903. The number of aliphatic hydroxyl groups excluding tert-OH is 1. The van der Waals surface area contributed by atoms with Gasteiger partial charge in [-0.25, -0.2) is 0 Å². The summed E-state index contributed by atoms with van der Waals surface area (Å²) in [5.41, 5.74) is 0. The van der Waals surface area contributed by atoms with E-state index in [1.165, 1.54) is 167 Å². The number of allylic oxidation sites excluding steroid dienone is 3. The second kappa shape index (κ2) is 39.4. The number of phosphoric ester groups is 1. The zero-order chi connectivity index (χ0) is 41.4. The highest BCUT2D eigenvalue weighted by Crippen LogP contribution is 2.38. The third-order valence-electron chi connectivity index (χ3n) is 10.7. The van der Waals surface area contributed by atoms with Gasteiger partial charge in [0, 0.05) is 6.42 Å². The number of phosphoric acid groups is 1. The number of amides is 1. The minimum absolute atomic E-state index is 0.00543. The number of unbranched alkanes of at least 4 members (excludes halogenated alkanes) is 28. The van der Waals surface area contributed by atoms with E-state index in [2.05, 4.69) is 31.3 Å². The molecular formula is C47H93N2O6P. The van der Waals surface area contributed by atoms with Crippen molar-refractivity contribution in [1.29, 1.82) is 0 Å². The Morgan fingerprint density at radius 1 is 0.607 bits per heavy atom. The third kappa shape index (κ3) is 41.2. The number of rotatable bonds is 43. The van der Waals surface area contributed by atoms with Crippen LogP contribution in [0.25, 0.3) is 0 Å². The number of carbonyl (C=O) groups is 1. The Hall–Kier alpha value is -1.02. The van der Waals surface area contributed by atoms with Crippen LogP contribution < -0.4 is 10.2 Å². The molecule has 0 radical (unpaired) electrons. The lowest BCUT2D eigenvalue weighted by Gasteiger charge is -2.29. The van der Waals surface area contributed by atoms with Crippen LogP contribution in [0.4, 0.5) is 0 Å². The summed E-state index contributed by atoms with van der Waals surface area (Å²) < 4.78 is 23.2. The van der Waals surface area contributed by atoms with Crippen molar-refractivity contribution in [2.75, 3.05) is 40.9 Å². The lowest BCUT2D eigenvalue weighted by Crippen LogP contribution is -2.45. The number of hydrogen-bond acceptors (Lipinski definition) is 6. The number of nitrogens with zero attached hydrogens (tertiary/aromatic N) is 1. The second-order valence-electron chi connectivity index (χ2n) is 17.5. The molecule has 0 saturated heterocycles. The normalized spacial score (nSPS) is 14.5. The van der Waals surface area contributed by atoms with E-state index in [9.17, 15) is 19.4 Å². The smallest absolute Gasteiger partial charge is 0.268 e. The fourth-order valence-electron chi connectivity index (χ4n) is 6.87. The van der Waals surface area contributed by atoms with E-state index in [4.69, 9.17) is 9.05 Å². The molecule has 2 N–H and O–H groups in total. The molecule has 0 fully saturated rings. The molecule has 8 nitrogen and oxygen atoms in total. The molecule has 1 amide bonds. The Morgan fingerprint density at radius 3 is 1.39 bits per heavy atom. The van der Waals surface area contributed by atoms with Gasteiger partial charge in [-0.15, -0.1) is 0 Å². The van der Waals surface area contributed by atoms with E-state index in [0.717, 1.165) is 25.7 Å². The van der Waals surface area contributed by atoms with Crippen LogP contribution in [-0.2, 0) is 18.4 Å². The highest BCUT2D eigenvalue weighted by molar-refractivity contribution is 7.45. The molecule has 0 aromatic heterocycles. The molecule has 0 rings (SSSR count). The number of nitrogens with one attached hydrogen (secondary N) is 1. The van der Waals surface area contributed by atoms with E-state index in [0.29, 0.717) is 17.4 Å². The van der Waals surface area contributed by atoms with E-state index >= 15 is 0 Å². The van der Waals surface area contributed by atoms with Gasteiger partial charge in [-0.2, -0.15) is 0 Å². The molecular weight excluding hydrogens is 719 g/mol. The average Bonchev–Trinajstić information content (AvgIpc) is 3.15. The van der Waals surface area contributed by atoms with Crippen molar-refractivity contribution in [3.05, 3.63) is 24.3 Å². The Labute approximate surface area is 347 Å². The fraction of sp³-hybridized carbons (Fsp3) is 0.894. The van der Waals surface area contributed by atoms with Crippen molar-refractivity contribution in [2.45, 2.75) is 231 Å². The third-order valence-corrected chi connectivity index (χ3v) is 11.6. The molecule has 3 atom stereocenters. The van der Waals surface area contributed by atoms with Crippen LogP contribution in [0, 0.1) is 0 Å². The van der Waals surface area contributed by atoms with Gasteiger partial charge in [-0.3, -0.25) is 9.36 Å². The first-order valence-corrected chi connectivity index (χ1v) is 25.2. The quantitative estimate of drug-likeness (QED) is 0.0275. The van der Waals surface area contributed by atoms with Crippen molar-refractivity contribution in [1.82, 2.24) is 5.32 Å². The molecule has 1 unspecified atom stereocenters. The van der Waals surface area contributed by atoms with Gasteiger partial charge in [0.1, 0.15) is 13.2 Å². The average molecular weight is 813 g/mol. The predicted octanol–water partition coefficient (Wildman–Crippen LogP) is 12.7. The molecule has 0 heterocycles. The number of aliphatic hydroxyl groups is 1. The topological polar surface area (TPSA) is 108 Å². The summed E-state index contributed by atoms with van der Waals surface area (Å²) in [5, 5.41) is 13.7. The van der Waals surface area contributed by atoms with Crippen LogP contribution in [0.5, 0.6) is 0 Å². The van der Waals surface area contributed by atoms with Crippen molar-refractivity contribution < 1.29 is 32.9 Å². The molecule has 0 aliphatic rings. The summed E-state index contributed by atoms with van der Waals surface area (Å²) in [5.74, 6) is -0.245. The second-order valence-corrected chi connectivity index (χ2v) is 18.9. The lowest BCUT2D eigenvalue weighted by molar-refractivity contribution is -0.870. The Bertz CT molecular complexity index is 969. The fourth-order valence-corrected chi connectivity index (χ4v) is 7.60. The Balaban J connectivity index is 4.34.